The Labute approximate surface area is 104 Å². The van der Waals surface area contributed by atoms with Crippen molar-refractivity contribution >= 4 is 0 Å². The molecule has 7 atom stereocenters. The Kier molecular flexibility index (Phi) is 2.02. The minimum absolute atomic E-state index is 0.0416. The van der Waals surface area contributed by atoms with E-state index in [0.717, 1.165) is 6.61 Å². The van der Waals surface area contributed by atoms with Gasteiger partial charge in [-0.05, 0) is 0 Å². The van der Waals surface area contributed by atoms with Crippen LogP contribution in [0.25, 0.3) is 0 Å². The highest BCUT2D eigenvalue weighted by Gasteiger charge is 2.71. The molecule has 5 aliphatic rings. The summed E-state index contributed by atoms with van der Waals surface area (Å²) in [6.07, 6.45) is 1.01. The minimum Gasteiger partial charge on any atom is -0.375 e. The van der Waals surface area contributed by atoms with Gasteiger partial charge in [-0.25, -0.2) is 0 Å². The van der Waals surface area contributed by atoms with Crippen LogP contribution in [0.2, 0.25) is 0 Å². The van der Waals surface area contributed by atoms with Crippen LogP contribution in [-0.4, -0.2) is 75.3 Å². The Hall–Kier alpha value is -0.240. The van der Waals surface area contributed by atoms with Crippen molar-refractivity contribution in [1.29, 1.82) is 0 Å². The highest BCUT2D eigenvalue weighted by Crippen LogP contribution is 2.51. The van der Waals surface area contributed by atoms with Crippen LogP contribution in [0.4, 0.5) is 0 Å². The van der Waals surface area contributed by atoms with Crippen molar-refractivity contribution in [1.82, 2.24) is 0 Å². The molecular formula is C12H16O6. The second kappa shape index (κ2) is 3.45. The maximum Gasteiger partial charge on any atom is 0.149 e. The van der Waals surface area contributed by atoms with Crippen LogP contribution in [0.3, 0.4) is 0 Å². The quantitative estimate of drug-likeness (QED) is 0.594. The van der Waals surface area contributed by atoms with Crippen LogP contribution in [0, 0.1) is 0 Å². The van der Waals surface area contributed by atoms with E-state index in [9.17, 15) is 0 Å². The molecule has 0 N–H and O–H groups in total. The van der Waals surface area contributed by atoms with Gasteiger partial charge in [-0.15, -0.1) is 0 Å². The lowest BCUT2D eigenvalue weighted by Crippen LogP contribution is -2.54. The molecule has 0 amide bonds. The molecular weight excluding hydrogens is 240 g/mol. The SMILES string of the molecule is C(OCC1(C2OCC3OC32)OCC2OC21)C1CO1. The van der Waals surface area contributed by atoms with Crippen molar-refractivity contribution < 1.29 is 28.4 Å². The van der Waals surface area contributed by atoms with Gasteiger partial charge in [0.2, 0.25) is 0 Å². The van der Waals surface area contributed by atoms with E-state index in [1.807, 2.05) is 0 Å². The van der Waals surface area contributed by atoms with Gasteiger partial charge in [-0.3, -0.25) is 0 Å². The third kappa shape index (κ3) is 1.44. The van der Waals surface area contributed by atoms with Crippen LogP contribution in [-0.2, 0) is 28.4 Å². The monoisotopic (exact) mass is 256 g/mol. The molecule has 18 heavy (non-hydrogen) atoms. The Balaban J connectivity index is 1.33. The number of fused-ring (bicyclic) bond motifs is 2. The summed E-state index contributed by atoms with van der Waals surface area (Å²) in [6.45, 7) is 3.26. The third-order valence-electron chi connectivity index (χ3n) is 4.46. The molecule has 0 spiro atoms. The van der Waals surface area contributed by atoms with E-state index in [0.29, 0.717) is 26.4 Å². The van der Waals surface area contributed by atoms with Crippen molar-refractivity contribution in [3.05, 3.63) is 0 Å². The molecule has 0 bridgehead atoms. The van der Waals surface area contributed by atoms with Crippen LogP contribution in [0.5, 0.6) is 0 Å². The van der Waals surface area contributed by atoms with Crippen molar-refractivity contribution in [2.24, 2.45) is 0 Å². The standard InChI is InChI=1S/C12H16O6/c1(6-2-14-6)13-5-12(10-8(18-10)4-16-12)11-9-7(17-9)3-15-11/h6-11H,1-5H2. The van der Waals surface area contributed by atoms with Crippen molar-refractivity contribution in [2.45, 2.75) is 42.2 Å². The molecule has 0 radical (unpaired) electrons. The van der Waals surface area contributed by atoms with Gasteiger partial charge in [-0.2, -0.15) is 0 Å². The van der Waals surface area contributed by atoms with Gasteiger partial charge in [0.25, 0.3) is 0 Å². The number of ether oxygens (including phenoxy) is 6. The maximum absolute atomic E-state index is 5.99. The molecule has 5 fully saturated rings. The maximum atomic E-state index is 5.99. The predicted molar refractivity (Wildman–Crippen MR) is 56.3 cm³/mol. The lowest BCUT2D eigenvalue weighted by molar-refractivity contribution is -0.182. The summed E-state index contributed by atoms with van der Waals surface area (Å²) < 4.78 is 33.9. The summed E-state index contributed by atoms with van der Waals surface area (Å²) in [7, 11) is 0. The first kappa shape index (κ1) is 10.5. The zero-order chi connectivity index (χ0) is 11.7. The van der Waals surface area contributed by atoms with Gasteiger partial charge in [0.05, 0.1) is 33.0 Å². The fourth-order valence-electron chi connectivity index (χ4n) is 3.25. The van der Waals surface area contributed by atoms with E-state index < -0.39 is 5.60 Å². The molecule has 0 aromatic heterocycles. The molecule has 5 rings (SSSR count). The first-order valence-corrected chi connectivity index (χ1v) is 6.63. The number of hydrogen-bond donors (Lipinski definition) is 0. The van der Waals surface area contributed by atoms with E-state index in [1.54, 1.807) is 0 Å². The average molecular weight is 256 g/mol. The highest BCUT2D eigenvalue weighted by atomic mass is 16.7. The number of hydrogen-bond acceptors (Lipinski definition) is 6. The molecule has 0 aromatic rings. The topological polar surface area (TPSA) is 65.3 Å². The van der Waals surface area contributed by atoms with E-state index in [2.05, 4.69) is 0 Å². The molecule has 5 saturated heterocycles. The molecule has 0 aromatic carbocycles. The Morgan fingerprint density at radius 3 is 2.50 bits per heavy atom. The third-order valence-corrected chi connectivity index (χ3v) is 4.46. The van der Waals surface area contributed by atoms with Crippen LogP contribution in [0.1, 0.15) is 0 Å². The zero-order valence-electron chi connectivity index (χ0n) is 9.95. The summed E-state index contributed by atoms with van der Waals surface area (Å²) in [4.78, 5) is 0. The molecule has 100 valence electrons. The molecule has 0 saturated carbocycles. The van der Waals surface area contributed by atoms with E-state index in [1.165, 1.54) is 0 Å². The summed E-state index contributed by atoms with van der Waals surface area (Å²) >= 11 is 0. The first-order valence-electron chi connectivity index (χ1n) is 6.63. The molecule has 0 aliphatic carbocycles. The number of epoxide rings is 3. The van der Waals surface area contributed by atoms with Gasteiger partial charge >= 0.3 is 0 Å². The van der Waals surface area contributed by atoms with Gasteiger partial charge < -0.3 is 28.4 Å². The normalized spacial score (nSPS) is 59.3. The fraction of sp³-hybridized carbons (Fsp3) is 1.00. The summed E-state index contributed by atoms with van der Waals surface area (Å²) in [5.74, 6) is 0. The fourth-order valence-corrected chi connectivity index (χ4v) is 3.25. The van der Waals surface area contributed by atoms with Crippen LogP contribution >= 0.6 is 0 Å². The predicted octanol–water partition coefficient (Wildman–Crippen LogP) is -0.896. The Morgan fingerprint density at radius 2 is 1.94 bits per heavy atom. The smallest absolute Gasteiger partial charge is 0.149 e. The van der Waals surface area contributed by atoms with E-state index in [-0.39, 0.29) is 36.6 Å². The lowest BCUT2D eigenvalue weighted by atomic mass is 9.91. The second-order valence-corrected chi connectivity index (χ2v) is 5.72. The van der Waals surface area contributed by atoms with Gasteiger partial charge in [0.15, 0.2) is 0 Å². The van der Waals surface area contributed by atoms with E-state index in [4.69, 9.17) is 28.4 Å². The zero-order valence-corrected chi connectivity index (χ0v) is 9.95. The summed E-state index contributed by atoms with van der Waals surface area (Å²) in [5, 5.41) is 0. The van der Waals surface area contributed by atoms with Gasteiger partial charge in [-0.1, -0.05) is 0 Å². The lowest BCUT2D eigenvalue weighted by Gasteiger charge is -2.34. The van der Waals surface area contributed by atoms with Crippen molar-refractivity contribution in [3.63, 3.8) is 0 Å². The van der Waals surface area contributed by atoms with Gasteiger partial charge in [0.1, 0.15) is 42.2 Å². The molecule has 6 nitrogen and oxygen atoms in total. The molecule has 5 heterocycles. The van der Waals surface area contributed by atoms with E-state index >= 15 is 0 Å². The first-order chi connectivity index (χ1) is 8.87. The van der Waals surface area contributed by atoms with Crippen LogP contribution < -0.4 is 0 Å². The Bertz CT molecular complexity index is 372. The summed E-state index contributed by atoms with van der Waals surface area (Å²) in [6, 6.07) is 0. The molecule has 5 aliphatic heterocycles. The van der Waals surface area contributed by atoms with Crippen LogP contribution in [0.15, 0.2) is 0 Å². The molecule has 6 heteroatoms. The minimum atomic E-state index is -0.463. The number of rotatable bonds is 5. The molecule has 7 unspecified atom stereocenters. The van der Waals surface area contributed by atoms with Gasteiger partial charge in [0, 0.05) is 0 Å². The summed E-state index contributed by atoms with van der Waals surface area (Å²) in [5.41, 5.74) is -0.463. The average Bonchev–Trinajstić information content (AvgIpc) is 3.26. The second-order valence-electron chi connectivity index (χ2n) is 5.72. The Morgan fingerprint density at radius 1 is 1.00 bits per heavy atom. The highest BCUT2D eigenvalue weighted by molar-refractivity contribution is 5.18. The van der Waals surface area contributed by atoms with Crippen molar-refractivity contribution in [3.8, 4) is 0 Å². The largest absolute Gasteiger partial charge is 0.375 e. The van der Waals surface area contributed by atoms with Crippen molar-refractivity contribution in [2.75, 3.05) is 33.0 Å².